The van der Waals surface area contributed by atoms with Crippen molar-refractivity contribution in [1.29, 1.82) is 0 Å². The summed E-state index contributed by atoms with van der Waals surface area (Å²) in [5.74, 6) is -1.10. The number of benzene rings is 1. The van der Waals surface area contributed by atoms with Gasteiger partial charge in [0.15, 0.2) is 0 Å². The van der Waals surface area contributed by atoms with Crippen LogP contribution in [0.15, 0.2) is 57.2 Å². The van der Waals surface area contributed by atoms with Gasteiger partial charge >= 0.3 is 5.97 Å². The average molecular weight is 344 g/mol. The van der Waals surface area contributed by atoms with Crippen LogP contribution >= 0.6 is 11.6 Å². The van der Waals surface area contributed by atoms with Gasteiger partial charge in [-0.2, -0.15) is 0 Å². The summed E-state index contributed by atoms with van der Waals surface area (Å²) in [5, 5.41) is 25.5. The highest BCUT2D eigenvalue weighted by atomic mass is 35.5. The van der Waals surface area contributed by atoms with Gasteiger partial charge in [0.25, 0.3) is 0 Å². The van der Waals surface area contributed by atoms with Crippen molar-refractivity contribution in [2.24, 2.45) is 26.6 Å². The van der Waals surface area contributed by atoms with Crippen molar-refractivity contribution >= 4 is 17.6 Å². The lowest BCUT2D eigenvalue weighted by Gasteiger charge is -2.25. The molecule has 1 N–H and O–H groups in total. The first-order chi connectivity index (χ1) is 11.4. The molecule has 0 saturated heterocycles. The minimum Gasteiger partial charge on any atom is -0.478 e. The molecule has 0 saturated carbocycles. The fourth-order valence-corrected chi connectivity index (χ4v) is 2.65. The van der Waals surface area contributed by atoms with E-state index in [1.54, 1.807) is 24.3 Å². The Morgan fingerprint density at radius 1 is 1.17 bits per heavy atom. The van der Waals surface area contributed by atoms with Crippen molar-refractivity contribution < 1.29 is 9.90 Å². The number of rotatable bonds is 4. The van der Waals surface area contributed by atoms with Crippen molar-refractivity contribution in [3.8, 4) is 11.3 Å². The maximum Gasteiger partial charge on any atom is 0.335 e. The van der Waals surface area contributed by atoms with Crippen LogP contribution < -0.4 is 0 Å². The van der Waals surface area contributed by atoms with Crippen molar-refractivity contribution in [1.82, 2.24) is 4.98 Å². The summed E-state index contributed by atoms with van der Waals surface area (Å²) in [7, 11) is 0. The van der Waals surface area contributed by atoms with Crippen LogP contribution in [0.4, 0.5) is 0 Å². The van der Waals surface area contributed by atoms with Gasteiger partial charge in [-0.3, -0.25) is 4.98 Å². The van der Waals surface area contributed by atoms with E-state index in [0.29, 0.717) is 21.8 Å². The quantitative estimate of drug-likeness (QED) is 0.867. The third-order valence-corrected chi connectivity index (χ3v) is 4.09. The highest BCUT2D eigenvalue weighted by Gasteiger charge is 2.40. The van der Waals surface area contributed by atoms with E-state index in [2.05, 4.69) is 25.7 Å². The smallest absolute Gasteiger partial charge is 0.335 e. The molecule has 3 rings (SSSR count). The van der Waals surface area contributed by atoms with Crippen LogP contribution in [0.25, 0.3) is 11.3 Å². The minimum absolute atomic E-state index is 0.0532. The van der Waals surface area contributed by atoms with Crippen molar-refractivity contribution in [2.45, 2.75) is 19.5 Å². The van der Waals surface area contributed by atoms with Gasteiger partial charge < -0.3 is 5.11 Å². The van der Waals surface area contributed by atoms with Gasteiger partial charge in [0.1, 0.15) is 0 Å². The monoisotopic (exact) mass is 343 g/mol. The summed E-state index contributed by atoms with van der Waals surface area (Å²) >= 11 is 5.87. The van der Waals surface area contributed by atoms with E-state index in [1.807, 2.05) is 19.9 Å². The Labute approximate surface area is 143 Å². The van der Waals surface area contributed by atoms with E-state index in [1.165, 1.54) is 6.20 Å². The normalized spacial score (nSPS) is 15.2. The summed E-state index contributed by atoms with van der Waals surface area (Å²) < 4.78 is 0. The van der Waals surface area contributed by atoms with Crippen LogP contribution in [0, 0.1) is 5.92 Å². The van der Waals surface area contributed by atoms with Gasteiger partial charge in [-0.1, -0.05) is 25.4 Å². The van der Waals surface area contributed by atoms with Gasteiger partial charge in [-0.25, -0.2) is 4.79 Å². The molecule has 1 aliphatic heterocycles. The number of halogens is 1. The van der Waals surface area contributed by atoms with Crippen molar-refractivity contribution in [3.05, 3.63) is 52.7 Å². The van der Waals surface area contributed by atoms with Gasteiger partial charge in [-0.15, -0.1) is 10.2 Å². The Bertz CT molecular complexity index is 834. The number of hydrogen-bond acceptors (Lipinski definition) is 6. The molecule has 0 unspecified atom stereocenters. The van der Waals surface area contributed by atoms with E-state index in [4.69, 9.17) is 11.6 Å². The Balaban J connectivity index is 2.20. The zero-order valence-electron chi connectivity index (χ0n) is 13.0. The second kappa shape index (κ2) is 6.09. The molecule has 0 radical (unpaired) electrons. The summed E-state index contributed by atoms with van der Waals surface area (Å²) in [6.07, 6.45) is 1.51. The zero-order valence-corrected chi connectivity index (χ0v) is 13.8. The molecule has 7 nitrogen and oxygen atoms in total. The van der Waals surface area contributed by atoms with E-state index in [0.717, 1.165) is 0 Å². The maximum absolute atomic E-state index is 11.5. The molecule has 0 bridgehead atoms. The summed E-state index contributed by atoms with van der Waals surface area (Å²) in [6, 6.07) is 8.34. The number of carboxylic acids is 1. The lowest BCUT2D eigenvalue weighted by atomic mass is 9.87. The predicted octanol–water partition coefficient (Wildman–Crippen LogP) is 4.74. The molecule has 0 atom stereocenters. The van der Waals surface area contributed by atoms with Crippen LogP contribution in [0.1, 0.15) is 29.8 Å². The minimum atomic E-state index is -1.04. The highest BCUT2D eigenvalue weighted by Crippen LogP contribution is 2.41. The number of hydrogen-bond donors (Lipinski definition) is 1. The number of carbonyl (C=O) groups is 1. The van der Waals surface area contributed by atoms with Gasteiger partial charge in [0.05, 0.1) is 16.3 Å². The molecule has 1 aliphatic rings. The molecule has 0 amide bonds. The predicted molar refractivity (Wildman–Crippen MR) is 87.9 cm³/mol. The molecular formula is C16H14ClN5O2. The molecule has 0 aliphatic carbocycles. The van der Waals surface area contributed by atoms with E-state index in [-0.39, 0.29) is 11.5 Å². The number of aromatic carboxylic acids is 1. The topological polar surface area (TPSA) is 99.6 Å². The molecule has 8 heteroatoms. The van der Waals surface area contributed by atoms with Gasteiger partial charge in [0.2, 0.25) is 5.66 Å². The summed E-state index contributed by atoms with van der Waals surface area (Å²) in [6.45, 7) is 3.86. The Kier molecular flexibility index (Phi) is 4.11. The maximum atomic E-state index is 11.5. The average Bonchev–Trinajstić information content (AvgIpc) is 3.06. The molecule has 24 heavy (non-hydrogen) atoms. The van der Waals surface area contributed by atoms with Crippen LogP contribution in [0.5, 0.6) is 0 Å². The largest absolute Gasteiger partial charge is 0.478 e. The molecule has 122 valence electrons. The summed E-state index contributed by atoms with van der Waals surface area (Å²) in [5.41, 5.74) is 0.950. The highest BCUT2D eigenvalue weighted by molar-refractivity contribution is 6.30. The SMILES string of the molecule is CC(C)C1(c2cc(C(=O)O)cc(-c3ccc(Cl)cn3)c2)N=NN=N1. The Hall–Kier alpha value is -2.67. The fraction of sp³-hybridized carbons (Fsp3) is 0.250. The lowest BCUT2D eigenvalue weighted by Crippen LogP contribution is -2.26. The van der Waals surface area contributed by atoms with Gasteiger partial charge in [-0.05, 0) is 40.8 Å². The van der Waals surface area contributed by atoms with Crippen LogP contribution in [0.3, 0.4) is 0 Å². The number of pyridine rings is 1. The van der Waals surface area contributed by atoms with E-state index < -0.39 is 11.6 Å². The third-order valence-electron chi connectivity index (χ3n) is 3.87. The van der Waals surface area contributed by atoms with E-state index in [9.17, 15) is 9.90 Å². The van der Waals surface area contributed by atoms with Crippen LogP contribution in [-0.4, -0.2) is 16.1 Å². The molecule has 2 aromatic rings. The van der Waals surface area contributed by atoms with E-state index >= 15 is 0 Å². The second-order valence-electron chi connectivity index (χ2n) is 5.73. The molecule has 2 heterocycles. The first kappa shape index (κ1) is 16.2. The molecule has 1 aromatic carbocycles. The summed E-state index contributed by atoms with van der Waals surface area (Å²) in [4.78, 5) is 15.8. The Morgan fingerprint density at radius 2 is 1.88 bits per heavy atom. The van der Waals surface area contributed by atoms with Crippen LogP contribution in [-0.2, 0) is 5.66 Å². The van der Waals surface area contributed by atoms with Crippen molar-refractivity contribution in [2.75, 3.05) is 0 Å². The lowest BCUT2D eigenvalue weighted by molar-refractivity contribution is 0.0696. The molecule has 1 aromatic heterocycles. The number of nitrogens with zero attached hydrogens (tertiary/aromatic N) is 5. The second-order valence-corrected chi connectivity index (χ2v) is 6.16. The van der Waals surface area contributed by atoms with Crippen molar-refractivity contribution in [3.63, 3.8) is 0 Å². The molecule has 0 fully saturated rings. The first-order valence-corrected chi connectivity index (χ1v) is 7.65. The third kappa shape index (κ3) is 2.78. The standard InChI is InChI=1S/C16H14ClN5O2/c1-9(2)16(19-21-22-20-16)12-6-10(5-11(7-12)15(23)24)14-4-3-13(17)8-18-14/h3-9H,1-2H3,(H,23,24). The molecule has 0 spiro atoms. The van der Waals surface area contributed by atoms with Crippen LogP contribution in [0.2, 0.25) is 5.02 Å². The molecular weight excluding hydrogens is 330 g/mol. The fourth-order valence-electron chi connectivity index (χ4n) is 2.53. The number of carboxylic acid groups (broad SMARTS) is 1. The Morgan fingerprint density at radius 3 is 2.42 bits per heavy atom. The number of aromatic nitrogens is 1. The first-order valence-electron chi connectivity index (χ1n) is 7.27. The zero-order chi connectivity index (χ0) is 17.3. The van der Waals surface area contributed by atoms with Gasteiger partial charge in [0, 0.05) is 23.2 Å².